The highest BCUT2D eigenvalue weighted by atomic mass is 16.5. The normalized spacial score (nSPS) is 24.3. The highest BCUT2D eigenvalue weighted by Gasteiger charge is 2.41. The molecular weight excluding hydrogens is 354 g/mol. The van der Waals surface area contributed by atoms with Crippen LogP contribution in [0.25, 0.3) is 0 Å². The number of nitrogens with zero attached hydrogens (tertiary/aromatic N) is 1. The molecule has 4 atom stereocenters. The van der Waals surface area contributed by atoms with E-state index < -0.39 is 11.9 Å². The van der Waals surface area contributed by atoms with E-state index in [1.807, 2.05) is 6.07 Å². The summed E-state index contributed by atoms with van der Waals surface area (Å²) in [4.78, 5) is 24.1. The van der Waals surface area contributed by atoms with E-state index in [0.29, 0.717) is 23.8 Å². The van der Waals surface area contributed by atoms with Crippen LogP contribution in [0.4, 0.5) is 5.69 Å². The average Bonchev–Trinajstić information content (AvgIpc) is 3.32. The van der Waals surface area contributed by atoms with Crippen LogP contribution in [0.5, 0.6) is 0 Å². The van der Waals surface area contributed by atoms with Gasteiger partial charge in [-0.25, -0.2) is 4.79 Å². The number of amides is 1. The van der Waals surface area contributed by atoms with Crippen molar-refractivity contribution < 1.29 is 14.3 Å². The van der Waals surface area contributed by atoms with Crippen molar-refractivity contribution in [1.82, 2.24) is 5.32 Å². The van der Waals surface area contributed by atoms with E-state index >= 15 is 0 Å². The Morgan fingerprint density at radius 3 is 2.61 bits per heavy atom. The number of benzene rings is 1. The Balaban J connectivity index is 1.56. The van der Waals surface area contributed by atoms with Gasteiger partial charge < -0.3 is 15.4 Å². The van der Waals surface area contributed by atoms with Crippen LogP contribution >= 0.6 is 0 Å². The monoisotopic (exact) mass is 381 g/mol. The zero-order valence-electron chi connectivity index (χ0n) is 16.4. The van der Waals surface area contributed by atoms with Crippen LogP contribution in [0, 0.1) is 29.1 Å². The minimum absolute atomic E-state index is 0.0319. The van der Waals surface area contributed by atoms with E-state index in [1.54, 1.807) is 31.2 Å². The third kappa shape index (κ3) is 4.53. The fourth-order valence-electron chi connectivity index (χ4n) is 4.50. The second-order valence-corrected chi connectivity index (χ2v) is 7.72. The van der Waals surface area contributed by atoms with Gasteiger partial charge in [0.15, 0.2) is 0 Å². The zero-order valence-corrected chi connectivity index (χ0v) is 16.4. The van der Waals surface area contributed by atoms with Crippen LogP contribution in [0.15, 0.2) is 36.0 Å². The largest absolute Gasteiger partial charge is 0.462 e. The summed E-state index contributed by atoms with van der Waals surface area (Å²) in [7, 11) is 0. The number of hydrogen-bond acceptors (Lipinski definition) is 5. The molecule has 2 fully saturated rings. The van der Waals surface area contributed by atoms with E-state index in [2.05, 4.69) is 17.6 Å². The predicted octanol–water partition coefficient (Wildman–Crippen LogP) is 3.62. The number of carbonyl (C=O) groups excluding carboxylic acids is 2. The number of anilines is 1. The van der Waals surface area contributed by atoms with Gasteiger partial charge in [-0.2, -0.15) is 5.26 Å². The van der Waals surface area contributed by atoms with Crippen molar-refractivity contribution in [3.63, 3.8) is 0 Å². The summed E-state index contributed by atoms with van der Waals surface area (Å²) in [6.07, 6.45) is 6.75. The molecule has 1 aromatic rings. The molecular formula is C22H27N3O3. The molecule has 6 heteroatoms. The summed E-state index contributed by atoms with van der Waals surface area (Å²) in [6.45, 7) is 4.18. The SMILES string of the molecule is CCOC(=O)c1ccc(NC(=O)/C(C#N)=C\NC(C)C2CC3CCC2C3)cc1. The lowest BCUT2D eigenvalue weighted by atomic mass is 9.84. The summed E-state index contributed by atoms with van der Waals surface area (Å²) < 4.78 is 4.93. The molecule has 2 aliphatic carbocycles. The zero-order chi connectivity index (χ0) is 20.1. The number of esters is 1. The minimum atomic E-state index is -0.473. The van der Waals surface area contributed by atoms with Gasteiger partial charge in [0.2, 0.25) is 0 Å². The Morgan fingerprint density at radius 2 is 2.04 bits per heavy atom. The Morgan fingerprint density at radius 1 is 1.29 bits per heavy atom. The summed E-state index contributed by atoms with van der Waals surface area (Å²) in [5.74, 6) is 1.38. The van der Waals surface area contributed by atoms with E-state index in [-0.39, 0.29) is 11.6 Å². The lowest BCUT2D eigenvalue weighted by molar-refractivity contribution is -0.112. The first kappa shape index (κ1) is 19.9. The van der Waals surface area contributed by atoms with Crippen molar-refractivity contribution in [2.24, 2.45) is 17.8 Å². The highest BCUT2D eigenvalue weighted by Crippen LogP contribution is 2.49. The molecule has 3 rings (SSSR count). The quantitative estimate of drug-likeness (QED) is 0.428. The third-order valence-corrected chi connectivity index (χ3v) is 5.94. The van der Waals surface area contributed by atoms with Crippen LogP contribution < -0.4 is 10.6 Å². The van der Waals surface area contributed by atoms with Crippen molar-refractivity contribution in [1.29, 1.82) is 5.26 Å². The first-order valence-corrected chi connectivity index (χ1v) is 9.96. The Bertz CT molecular complexity index is 794. The van der Waals surface area contributed by atoms with Gasteiger partial charge in [0.1, 0.15) is 11.6 Å². The van der Waals surface area contributed by atoms with Crippen LogP contribution in [-0.2, 0) is 9.53 Å². The van der Waals surface area contributed by atoms with Crippen molar-refractivity contribution in [2.45, 2.75) is 45.6 Å². The number of fused-ring (bicyclic) bond motifs is 2. The molecule has 6 nitrogen and oxygen atoms in total. The average molecular weight is 381 g/mol. The van der Waals surface area contributed by atoms with Crippen LogP contribution in [0.3, 0.4) is 0 Å². The number of carbonyl (C=O) groups is 2. The molecule has 0 aromatic heterocycles. The van der Waals surface area contributed by atoms with E-state index in [0.717, 1.165) is 11.8 Å². The molecule has 0 heterocycles. The molecule has 4 unspecified atom stereocenters. The van der Waals surface area contributed by atoms with Crippen molar-refractivity contribution >= 4 is 17.6 Å². The molecule has 0 saturated heterocycles. The first-order valence-electron chi connectivity index (χ1n) is 9.96. The fraction of sp³-hybridized carbons (Fsp3) is 0.500. The molecule has 2 N–H and O–H groups in total. The summed E-state index contributed by atoms with van der Waals surface area (Å²) >= 11 is 0. The topological polar surface area (TPSA) is 91.2 Å². The predicted molar refractivity (Wildman–Crippen MR) is 106 cm³/mol. The Kier molecular flexibility index (Phi) is 6.35. The summed E-state index contributed by atoms with van der Waals surface area (Å²) in [5.41, 5.74) is 0.960. The first-order chi connectivity index (χ1) is 13.5. The standard InChI is InChI=1S/C22H27N3O3/c1-3-28-22(27)16-6-8-19(9-7-16)25-21(26)18(12-23)13-24-14(2)20-11-15-4-5-17(20)10-15/h6-9,13-15,17,20,24H,3-5,10-11H2,1-2H3,(H,25,26)/b18-13-. The fourth-order valence-corrected chi connectivity index (χ4v) is 4.50. The number of nitriles is 1. The lowest BCUT2D eigenvalue weighted by Crippen LogP contribution is -2.33. The van der Waals surface area contributed by atoms with E-state index in [9.17, 15) is 14.9 Å². The van der Waals surface area contributed by atoms with Gasteiger partial charge in [-0.1, -0.05) is 6.42 Å². The Hall–Kier alpha value is -2.81. The number of ether oxygens (including phenoxy) is 1. The molecule has 0 radical (unpaired) electrons. The summed E-state index contributed by atoms with van der Waals surface area (Å²) in [6, 6.07) is 8.60. The lowest BCUT2D eigenvalue weighted by Gasteiger charge is -2.28. The summed E-state index contributed by atoms with van der Waals surface area (Å²) in [5, 5.41) is 15.3. The van der Waals surface area contributed by atoms with Gasteiger partial charge in [-0.15, -0.1) is 0 Å². The van der Waals surface area contributed by atoms with E-state index in [1.165, 1.54) is 31.9 Å². The van der Waals surface area contributed by atoms with Gasteiger partial charge >= 0.3 is 5.97 Å². The van der Waals surface area contributed by atoms with Gasteiger partial charge in [0, 0.05) is 17.9 Å². The second-order valence-electron chi connectivity index (χ2n) is 7.72. The Labute approximate surface area is 165 Å². The van der Waals surface area contributed by atoms with Gasteiger partial charge in [-0.05, 0) is 75.1 Å². The maximum Gasteiger partial charge on any atom is 0.338 e. The smallest absolute Gasteiger partial charge is 0.338 e. The van der Waals surface area contributed by atoms with Crippen molar-refractivity contribution in [2.75, 3.05) is 11.9 Å². The maximum atomic E-state index is 12.4. The minimum Gasteiger partial charge on any atom is -0.462 e. The van der Waals surface area contributed by atoms with Crippen LogP contribution in [-0.4, -0.2) is 24.5 Å². The molecule has 28 heavy (non-hydrogen) atoms. The van der Waals surface area contributed by atoms with Crippen molar-refractivity contribution in [3.8, 4) is 6.07 Å². The highest BCUT2D eigenvalue weighted by molar-refractivity contribution is 6.06. The molecule has 0 spiro atoms. The molecule has 1 aromatic carbocycles. The van der Waals surface area contributed by atoms with Crippen LogP contribution in [0.1, 0.15) is 49.9 Å². The second kappa shape index (κ2) is 8.92. The van der Waals surface area contributed by atoms with Gasteiger partial charge in [-0.3, -0.25) is 4.79 Å². The molecule has 0 aliphatic heterocycles. The van der Waals surface area contributed by atoms with E-state index in [4.69, 9.17) is 4.74 Å². The van der Waals surface area contributed by atoms with Crippen LogP contribution in [0.2, 0.25) is 0 Å². The number of rotatable bonds is 7. The van der Waals surface area contributed by atoms with Gasteiger partial charge in [0.05, 0.1) is 12.2 Å². The molecule has 2 aliphatic rings. The van der Waals surface area contributed by atoms with Crippen molar-refractivity contribution in [3.05, 3.63) is 41.6 Å². The maximum absolute atomic E-state index is 12.4. The van der Waals surface area contributed by atoms with Gasteiger partial charge in [0.25, 0.3) is 5.91 Å². The number of nitrogens with one attached hydrogen (secondary N) is 2. The molecule has 2 saturated carbocycles. The molecule has 1 amide bonds. The third-order valence-electron chi connectivity index (χ3n) is 5.94. The molecule has 2 bridgehead atoms. The number of hydrogen-bond donors (Lipinski definition) is 2. The molecule has 148 valence electrons.